The molecule has 0 aliphatic heterocycles. The van der Waals surface area contributed by atoms with E-state index in [1.807, 2.05) is 0 Å². The third-order valence-corrected chi connectivity index (χ3v) is 2.61. The molecule has 0 spiro atoms. The molecule has 0 amide bonds. The molecule has 0 aliphatic carbocycles. The second kappa shape index (κ2) is 4.61. The van der Waals surface area contributed by atoms with Crippen LogP contribution in [0.1, 0.15) is 25.3 Å². The van der Waals surface area contributed by atoms with Crippen LogP contribution in [0.25, 0.3) is 0 Å². The van der Waals surface area contributed by atoms with Gasteiger partial charge in [-0.1, -0.05) is 0 Å². The predicted octanol–water partition coefficient (Wildman–Crippen LogP) is 1.29. The van der Waals surface area contributed by atoms with E-state index in [0.717, 1.165) is 0 Å². The van der Waals surface area contributed by atoms with Gasteiger partial charge in [-0.25, -0.2) is 0 Å². The minimum atomic E-state index is 1.24. The Morgan fingerprint density at radius 2 is 1.82 bits per heavy atom. The maximum absolute atomic E-state index is 2.24. The van der Waals surface area contributed by atoms with Gasteiger partial charge >= 0.3 is 77.2 Å². The van der Waals surface area contributed by atoms with Crippen molar-refractivity contribution in [1.82, 2.24) is 0 Å². The summed E-state index contributed by atoms with van der Waals surface area (Å²) in [6, 6.07) is 8.91. The molecule has 1 atom stereocenters. The zero-order valence-electron chi connectivity index (χ0n) is 7.01. The molecule has 60 valence electrons. The fraction of sp³-hybridized carbons (Fsp3) is 0.400. The van der Waals surface area contributed by atoms with Crippen molar-refractivity contribution >= 4 is 21.2 Å². The van der Waals surface area contributed by atoms with Crippen LogP contribution in [0.3, 0.4) is 0 Å². The normalized spacial score (nSPS) is 10.0. The number of unbranched alkanes of at least 4 members (excludes halogenated alkanes) is 1. The first kappa shape index (κ1) is 8.87. The number of aryl methyl sites for hydroxylation is 1. The van der Waals surface area contributed by atoms with Crippen molar-refractivity contribution in [1.29, 1.82) is 0 Å². The van der Waals surface area contributed by atoms with E-state index < -0.39 is 0 Å². The van der Waals surface area contributed by atoms with Crippen LogP contribution < -0.4 is 4.35 Å². The van der Waals surface area contributed by atoms with Gasteiger partial charge in [0.1, 0.15) is 0 Å². The SMILES string of the molecule is CCCCc1ccc([AsH2])cc1. The predicted molar refractivity (Wildman–Crippen MR) is 53.2 cm³/mol. The Kier molecular flexibility index (Phi) is 3.72. The molecule has 1 aromatic carbocycles. The number of benzene rings is 1. The van der Waals surface area contributed by atoms with E-state index in [1.54, 1.807) is 16.9 Å². The van der Waals surface area contributed by atoms with Crippen LogP contribution in [0.15, 0.2) is 24.3 Å². The molecule has 0 bridgehead atoms. The summed E-state index contributed by atoms with van der Waals surface area (Å²) in [5.74, 6) is 0. The van der Waals surface area contributed by atoms with E-state index in [2.05, 4.69) is 31.2 Å². The topological polar surface area (TPSA) is 0 Å². The van der Waals surface area contributed by atoms with Crippen LogP contribution in [-0.4, -0.2) is 16.9 Å². The van der Waals surface area contributed by atoms with Crippen molar-refractivity contribution < 1.29 is 0 Å². The Hall–Kier alpha value is -0.222. The van der Waals surface area contributed by atoms with Gasteiger partial charge in [0.15, 0.2) is 0 Å². The standard InChI is InChI=1S/C10H15As/c1-2-3-4-9-5-7-10(11)8-6-9/h5-8H,2-4,11H2,1H3. The molecule has 0 N–H and O–H groups in total. The summed E-state index contributed by atoms with van der Waals surface area (Å²) in [7, 11) is 0. The summed E-state index contributed by atoms with van der Waals surface area (Å²) in [6.45, 7) is 2.23. The first-order valence-electron chi connectivity index (χ1n) is 4.17. The Morgan fingerprint density at radius 1 is 1.18 bits per heavy atom. The monoisotopic (exact) mass is 210 g/mol. The van der Waals surface area contributed by atoms with Crippen LogP contribution in [0, 0.1) is 0 Å². The Bertz CT molecular complexity index is 201. The molecule has 0 radical (unpaired) electrons. The van der Waals surface area contributed by atoms with Crippen molar-refractivity contribution in [2.75, 3.05) is 0 Å². The molecule has 11 heavy (non-hydrogen) atoms. The Balaban J connectivity index is 2.52. The average Bonchev–Trinajstić information content (AvgIpc) is 2.04. The van der Waals surface area contributed by atoms with E-state index in [0.29, 0.717) is 0 Å². The third-order valence-electron chi connectivity index (χ3n) is 1.80. The van der Waals surface area contributed by atoms with Gasteiger partial charge in [0.2, 0.25) is 0 Å². The van der Waals surface area contributed by atoms with Gasteiger partial charge in [-0.3, -0.25) is 0 Å². The summed E-state index contributed by atoms with van der Waals surface area (Å²) in [5, 5.41) is 0. The van der Waals surface area contributed by atoms with Crippen molar-refractivity contribution in [3.8, 4) is 0 Å². The second-order valence-corrected chi connectivity index (χ2v) is 4.24. The molecule has 1 rings (SSSR count). The summed E-state index contributed by atoms with van der Waals surface area (Å²) in [6.07, 6.45) is 3.84. The van der Waals surface area contributed by atoms with Crippen LogP contribution in [-0.2, 0) is 6.42 Å². The van der Waals surface area contributed by atoms with Crippen LogP contribution in [0.5, 0.6) is 0 Å². The molecule has 0 nitrogen and oxygen atoms in total. The van der Waals surface area contributed by atoms with Crippen LogP contribution in [0.4, 0.5) is 0 Å². The van der Waals surface area contributed by atoms with Crippen molar-refractivity contribution in [3.63, 3.8) is 0 Å². The van der Waals surface area contributed by atoms with Gasteiger partial charge < -0.3 is 0 Å². The molecule has 0 saturated carbocycles. The fourth-order valence-electron chi connectivity index (χ4n) is 1.07. The number of hydrogen-bond donors (Lipinski definition) is 0. The van der Waals surface area contributed by atoms with Crippen molar-refractivity contribution in [2.24, 2.45) is 0 Å². The van der Waals surface area contributed by atoms with E-state index >= 15 is 0 Å². The average molecular weight is 210 g/mol. The van der Waals surface area contributed by atoms with Gasteiger partial charge in [0, 0.05) is 0 Å². The molecule has 0 aliphatic rings. The Labute approximate surface area is 77.5 Å². The van der Waals surface area contributed by atoms with Crippen LogP contribution >= 0.6 is 0 Å². The van der Waals surface area contributed by atoms with Gasteiger partial charge in [0.25, 0.3) is 0 Å². The molecule has 0 saturated heterocycles. The fourth-order valence-corrected chi connectivity index (χ4v) is 1.47. The maximum atomic E-state index is 2.24. The molecule has 0 heterocycles. The van der Waals surface area contributed by atoms with E-state index in [-0.39, 0.29) is 0 Å². The molecule has 1 aromatic rings. The van der Waals surface area contributed by atoms with Crippen LogP contribution in [0.2, 0.25) is 0 Å². The summed E-state index contributed by atoms with van der Waals surface area (Å²) in [5.41, 5.74) is 1.48. The third kappa shape index (κ3) is 3.12. The van der Waals surface area contributed by atoms with E-state index in [4.69, 9.17) is 0 Å². The second-order valence-electron chi connectivity index (χ2n) is 2.85. The molecule has 1 heteroatoms. The summed E-state index contributed by atoms with van der Waals surface area (Å²) in [4.78, 5) is 0. The zero-order valence-corrected chi connectivity index (χ0v) is 9.43. The summed E-state index contributed by atoms with van der Waals surface area (Å²) >= 11 is 1.70. The van der Waals surface area contributed by atoms with Gasteiger partial charge in [-0.05, 0) is 0 Å². The molecule has 0 fully saturated rings. The zero-order chi connectivity index (χ0) is 8.10. The molecular formula is C10H15As. The minimum absolute atomic E-state index is 1.24. The van der Waals surface area contributed by atoms with Gasteiger partial charge in [0.05, 0.1) is 0 Å². The van der Waals surface area contributed by atoms with Crippen molar-refractivity contribution in [3.05, 3.63) is 29.8 Å². The first-order chi connectivity index (χ1) is 5.33. The summed E-state index contributed by atoms with van der Waals surface area (Å²) < 4.78 is 1.41. The molecule has 0 aromatic heterocycles. The molecular weight excluding hydrogens is 195 g/mol. The Morgan fingerprint density at radius 3 is 2.36 bits per heavy atom. The van der Waals surface area contributed by atoms with E-state index in [9.17, 15) is 0 Å². The van der Waals surface area contributed by atoms with Gasteiger partial charge in [-0.2, -0.15) is 0 Å². The van der Waals surface area contributed by atoms with Crippen molar-refractivity contribution in [2.45, 2.75) is 26.2 Å². The quantitative estimate of drug-likeness (QED) is 0.659. The molecule has 1 unspecified atom stereocenters. The van der Waals surface area contributed by atoms with E-state index in [1.165, 1.54) is 29.2 Å². The number of rotatable bonds is 3. The first-order valence-corrected chi connectivity index (χ1v) is 5.38. The van der Waals surface area contributed by atoms with Gasteiger partial charge in [-0.15, -0.1) is 0 Å². The number of hydrogen-bond acceptors (Lipinski definition) is 0.